The van der Waals surface area contributed by atoms with Gasteiger partial charge in [0, 0.05) is 17.8 Å². The Bertz CT molecular complexity index is 1400. The molecule has 1 heterocycles. The van der Waals surface area contributed by atoms with E-state index >= 15 is 0 Å². The van der Waals surface area contributed by atoms with Gasteiger partial charge in [-0.1, -0.05) is 23.2 Å². The fourth-order valence-electron chi connectivity index (χ4n) is 3.36. The third-order valence-corrected chi connectivity index (χ3v) is 5.84. The van der Waals surface area contributed by atoms with Crippen molar-refractivity contribution in [1.82, 2.24) is 0 Å². The summed E-state index contributed by atoms with van der Waals surface area (Å²) in [5.74, 6) is -1.51. The van der Waals surface area contributed by atoms with Gasteiger partial charge in [0.2, 0.25) is 0 Å². The molecule has 0 saturated carbocycles. The van der Waals surface area contributed by atoms with Gasteiger partial charge in [-0.05, 0) is 48.5 Å². The van der Waals surface area contributed by atoms with Crippen molar-refractivity contribution in [3.8, 4) is 23.0 Å². The second-order valence-corrected chi connectivity index (χ2v) is 8.16. The Morgan fingerprint density at radius 2 is 1.58 bits per heavy atom. The van der Waals surface area contributed by atoms with E-state index < -0.39 is 17.8 Å². The number of carbonyl (C=O) groups excluding carboxylic acids is 3. The largest absolute Gasteiger partial charge is 0.506 e. The van der Waals surface area contributed by atoms with Crippen LogP contribution in [0.4, 0.5) is 11.4 Å². The number of hydrogen-bond acceptors (Lipinski definition) is 8. The molecule has 0 bridgehead atoms. The van der Waals surface area contributed by atoms with E-state index in [4.69, 9.17) is 37.4 Å². The first-order valence-corrected chi connectivity index (χ1v) is 11.1. The number of nitrogens with zero attached hydrogens (tertiary/aromatic N) is 1. The number of rotatable bonds is 7. The Labute approximate surface area is 215 Å². The molecule has 0 aliphatic carbocycles. The minimum Gasteiger partial charge on any atom is -0.506 e. The molecule has 3 aromatic carbocycles. The Kier molecular flexibility index (Phi) is 7.05. The van der Waals surface area contributed by atoms with Crippen LogP contribution in [0.15, 0.2) is 71.4 Å². The van der Waals surface area contributed by atoms with Crippen molar-refractivity contribution in [1.29, 1.82) is 0 Å². The van der Waals surface area contributed by atoms with E-state index in [0.717, 1.165) is 4.90 Å². The summed E-state index contributed by atoms with van der Waals surface area (Å²) in [4.78, 5) is 39.3. The molecule has 0 unspecified atom stereocenters. The highest BCUT2D eigenvalue weighted by atomic mass is 35.5. The van der Waals surface area contributed by atoms with E-state index in [1.165, 1.54) is 62.8 Å². The van der Waals surface area contributed by atoms with Gasteiger partial charge < -0.3 is 24.6 Å². The minimum atomic E-state index is -0.734. The van der Waals surface area contributed by atoms with E-state index in [1.54, 1.807) is 12.1 Å². The fourth-order valence-corrected chi connectivity index (χ4v) is 3.69. The lowest BCUT2D eigenvalue weighted by molar-refractivity contribution is -0.120. The number of hydrogen-bond donors (Lipinski definition) is 2. The lowest BCUT2D eigenvalue weighted by Gasteiger charge is -2.19. The molecule has 9 nitrogen and oxygen atoms in total. The lowest BCUT2D eigenvalue weighted by Crippen LogP contribution is -2.32. The number of phenols is 1. The molecule has 0 saturated heterocycles. The van der Waals surface area contributed by atoms with Gasteiger partial charge in [-0.2, -0.15) is 0 Å². The van der Waals surface area contributed by atoms with E-state index in [2.05, 4.69) is 5.32 Å². The van der Waals surface area contributed by atoms with Crippen molar-refractivity contribution < 1.29 is 33.7 Å². The summed E-state index contributed by atoms with van der Waals surface area (Å²) in [5, 5.41) is 12.3. The average Bonchev–Trinajstić information content (AvgIpc) is 3.09. The Hall–Kier alpha value is -4.21. The van der Waals surface area contributed by atoms with E-state index in [9.17, 15) is 19.5 Å². The van der Waals surface area contributed by atoms with Crippen LogP contribution >= 0.6 is 23.2 Å². The topological polar surface area (TPSA) is 114 Å². The third kappa shape index (κ3) is 4.79. The molecule has 0 atom stereocenters. The normalized spacial score (nSPS) is 13.2. The molecule has 11 heteroatoms. The third-order valence-electron chi connectivity index (χ3n) is 5.17. The number of nitrogens with one attached hydrogen (secondary N) is 1. The van der Waals surface area contributed by atoms with Gasteiger partial charge in [0.15, 0.2) is 0 Å². The van der Waals surface area contributed by atoms with Crippen LogP contribution in [0.1, 0.15) is 10.4 Å². The number of benzene rings is 3. The van der Waals surface area contributed by atoms with E-state index in [1.807, 2.05) is 0 Å². The van der Waals surface area contributed by atoms with Crippen molar-refractivity contribution in [3.05, 3.63) is 82.0 Å². The molecule has 36 heavy (non-hydrogen) atoms. The van der Waals surface area contributed by atoms with Crippen molar-refractivity contribution in [2.45, 2.75) is 0 Å². The monoisotopic (exact) mass is 528 g/mol. The van der Waals surface area contributed by atoms with Gasteiger partial charge >= 0.3 is 5.97 Å². The second kappa shape index (κ2) is 10.2. The summed E-state index contributed by atoms with van der Waals surface area (Å²) in [7, 11) is 2.86. The smallest absolute Gasteiger partial charge is 0.343 e. The van der Waals surface area contributed by atoms with Crippen molar-refractivity contribution in [2.75, 3.05) is 24.4 Å². The standard InChI is InChI=1S/C25H18Cl2N2O7/c1-34-15-8-10-20(35-2)18(11-15)29-23(31)21(27)22(24(29)32)28-14-5-3-13(4-6-14)25(33)36-16-7-9-17(26)19(30)12-16/h3-12,28,30H,1-2H3. The lowest BCUT2D eigenvalue weighted by atomic mass is 10.2. The van der Waals surface area contributed by atoms with Crippen LogP contribution in [0.3, 0.4) is 0 Å². The van der Waals surface area contributed by atoms with Crippen molar-refractivity contribution >= 4 is 52.4 Å². The zero-order valence-electron chi connectivity index (χ0n) is 18.9. The van der Waals surface area contributed by atoms with Gasteiger partial charge in [-0.3, -0.25) is 9.59 Å². The maximum Gasteiger partial charge on any atom is 0.343 e. The summed E-state index contributed by atoms with van der Waals surface area (Å²) in [6, 6.07) is 14.7. The number of ether oxygens (including phenoxy) is 3. The fraction of sp³-hybridized carbons (Fsp3) is 0.0800. The number of aromatic hydroxyl groups is 1. The van der Waals surface area contributed by atoms with Crippen LogP contribution in [0.2, 0.25) is 5.02 Å². The molecule has 4 rings (SSSR count). The Balaban J connectivity index is 1.51. The summed E-state index contributed by atoms with van der Waals surface area (Å²) < 4.78 is 15.7. The van der Waals surface area contributed by atoms with Crippen LogP contribution in [0, 0.1) is 0 Å². The van der Waals surface area contributed by atoms with E-state index in [-0.39, 0.29) is 44.3 Å². The van der Waals surface area contributed by atoms with Gasteiger partial charge in [0.1, 0.15) is 33.7 Å². The molecule has 0 aromatic heterocycles. The highest BCUT2D eigenvalue weighted by Crippen LogP contribution is 2.38. The molecule has 2 N–H and O–H groups in total. The average molecular weight is 529 g/mol. The number of phenolic OH excluding ortho intramolecular Hbond substituents is 1. The maximum absolute atomic E-state index is 13.1. The molecule has 3 aromatic rings. The zero-order valence-corrected chi connectivity index (χ0v) is 20.4. The summed E-state index contributed by atoms with van der Waals surface area (Å²) in [5.41, 5.74) is 0.628. The summed E-state index contributed by atoms with van der Waals surface area (Å²) in [6.45, 7) is 0. The van der Waals surface area contributed by atoms with Gasteiger partial charge in [-0.25, -0.2) is 9.69 Å². The van der Waals surface area contributed by atoms with Crippen molar-refractivity contribution in [2.24, 2.45) is 0 Å². The Morgan fingerprint density at radius 1 is 0.889 bits per heavy atom. The van der Waals surface area contributed by atoms with Gasteiger partial charge in [-0.15, -0.1) is 0 Å². The highest BCUT2D eigenvalue weighted by molar-refractivity contribution is 6.53. The minimum absolute atomic E-state index is 0.115. The molecule has 1 aliphatic heterocycles. The van der Waals surface area contributed by atoms with E-state index in [0.29, 0.717) is 11.4 Å². The molecule has 0 spiro atoms. The van der Waals surface area contributed by atoms with Crippen molar-refractivity contribution in [3.63, 3.8) is 0 Å². The highest BCUT2D eigenvalue weighted by Gasteiger charge is 2.40. The zero-order chi connectivity index (χ0) is 26.0. The molecule has 1 aliphatic rings. The first-order chi connectivity index (χ1) is 17.2. The van der Waals surface area contributed by atoms with Gasteiger partial charge in [0.25, 0.3) is 11.8 Å². The number of anilines is 2. The Morgan fingerprint density at radius 3 is 2.22 bits per heavy atom. The second-order valence-electron chi connectivity index (χ2n) is 7.38. The van der Waals surface area contributed by atoms with Crippen LogP contribution < -0.4 is 24.4 Å². The number of amides is 2. The van der Waals surface area contributed by atoms with Crippen LogP contribution in [-0.2, 0) is 9.59 Å². The van der Waals surface area contributed by atoms with Gasteiger partial charge in [0.05, 0.1) is 30.5 Å². The molecular formula is C25H18Cl2N2O7. The molecule has 0 fully saturated rings. The van der Waals surface area contributed by atoms with Crippen LogP contribution in [0.5, 0.6) is 23.0 Å². The molecule has 184 valence electrons. The quantitative estimate of drug-likeness (QED) is 0.257. The first kappa shape index (κ1) is 24.9. The number of carbonyl (C=O) groups is 3. The first-order valence-electron chi connectivity index (χ1n) is 10.3. The number of esters is 1. The molecule has 0 radical (unpaired) electrons. The maximum atomic E-state index is 13.1. The van der Waals surface area contributed by atoms with Crippen LogP contribution in [-0.4, -0.2) is 37.1 Å². The molecule has 2 amide bonds. The summed E-state index contributed by atoms with van der Waals surface area (Å²) in [6.07, 6.45) is 0. The number of halogens is 2. The summed E-state index contributed by atoms with van der Waals surface area (Å²) >= 11 is 12.0. The SMILES string of the molecule is COc1ccc(OC)c(N2C(=O)C(Cl)=C(Nc3ccc(C(=O)Oc4ccc(Cl)c(O)c4)cc3)C2=O)c1. The number of methoxy groups -OCH3 is 2. The van der Waals surface area contributed by atoms with Crippen LogP contribution in [0.25, 0.3) is 0 Å². The number of imide groups is 1. The predicted octanol–water partition coefficient (Wildman–Crippen LogP) is 4.72. The predicted molar refractivity (Wildman–Crippen MR) is 133 cm³/mol. The molecular weight excluding hydrogens is 511 g/mol.